The minimum Gasteiger partial charge on any atom is -0.326 e. The molecular formula is C11H14BrN3. The van der Waals surface area contributed by atoms with Crippen molar-refractivity contribution in [2.24, 2.45) is 5.73 Å². The molecule has 0 spiro atoms. The molecule has 15 heavy (non-hydrogen) atoms. The van der Waals surface area contributed by atoms with E-state index in [0.29, 0.717) is 12.6 Å². The highest BCUT2D eigenvalue weighted by Gasteiger charge is 2.13. The van der Waals surface area contributed by atoms with Gasteiger partial charge in [-0.05, 0) is 41.4 Å². The lowest BCUT2D eigenvalue weighted by Gasteiger charge is -2.06. The normalized spacial score (nSPS) is 11.5. The molecule has 0 atom stereocenters. The topological polar surface area (TPSA) is 43.8 Å². The zero-order valence-electron chi connectivity index (χ0n) is 8.87. The first kappa shape index (κ1) is 10.6. The predicted octanol–water partition coefficient (Wildman–Crippen LogP) is 2.84. The van der Waals surface area contributed by atoms with E-state index in [2.05, 4.69) is 34.9 Å². The van der Waals surface area contributed by atoms with Crippen LogP contribution in [-0.4, -0.2) is 9.78 Å². The van der Waals surface area contributed by atoms with Crippen LogP contribution in [0, 0.1) is 0 Å². The van der Waals surface area contributed by atoms with Crippen LogP contribution in [0.25, 0.3) is 10.9 Å². The number of fused-ring (bicyclic) bond motifs is 1. The summed E-state index contributed by atoms with van der Waals surface area (Å²) in [4.78, 5) is 0. The Hall–Kier alpha value is -0.870. The fraction of sp³-hybridized carbons (Fsp3) is 0.364. The molecule has 1 aromatic carbocycles. The molecule has 0 bridgehead atoms. The molecule has 4 heteroatoms. The van der Waals surface area contributed by atoms with E-state index in [1.54, 1.807) is 0 Å². The summed E-state index contributed by atoms with van der Waals surface area (Å²) in [5.74, 6) is 0. The van der Waals surface area contributed by atoms with Crippen molar-refractivity contribution in [3.8, 4) is 0 Å². The van der Waals surface area contributed by atoms with Crippen molar-refractivity contribution in [2.45, 2.75) is 26.4 Å². The quantitative estimate of drug-likeness (QED) is 0.910. The molecule has 0 saturated heterocycles. The zero-order valence-corrected chi connectivity index (χ0v) is 10.5. The Morgan fingerprint density at radius 2 is 2.20 bits per heavy atom. The molecule has 80 valence electrons. The SMILES string of the molecule is CC(C)n1nc2cccc(CN)c2c1Br. The number of rotatable bonds is 2. The Morgan fingerprint density at radius 1 is 1.47 bits per heavy atom. The summed E-state index contributed by atoms with van der Waals surface area (Å²) in [5.41, 5.74) is 7.84. The van der Waals surface area contributed by atoms with Gasteiger partial charge in [0.15, 0.2) is 0 Å². The lowest BCUT2D eigenvalue weighted by atomic mass is 10.1. The van der Waals surface area contributed by atoms with E-state index in [9.17, 15) is 0 Å². The fourth-order valence-electron chi connectivity index (χ4n) is 1.69. The minimum absolute atomic E-state index is 0.345. The van der Waals surface area contributed by atoms with Crippen LogP contribution in [0.1, 0.15) is 25.5 Å². The van der Waals surface area contributed by atoms with Gasteiger partial charge in [0.2, 0.25) is 0 Å². The molecule has 0 saturated carbocycles. The summed E-state index contributed by atoms with van der Waals surface area (Å²) in [5, 5.41) is 5.67. The summed E-state index contributed by atoms with van der Waals surface area (Å²) in [6.45, 7) is 4.76. The molecule has 0 unspecified atom stereocenters. The Bertz CT molecular complexity index is 488. The van der Waals surface area contributed by atoms with Crippen molar-refractivity contribution in [2.75, 3.05) is 0 Å². The molecule has 0 fully saturated rings. The van der Waals surface area contributed by atoms with Crippen LogP contribution in [0.4, 0.5) is 0 Å². The third-order valence-corrected chi connectivity index (χ3v) is 3.22. The van der Waals surface area contributed by atoms with Crippen LogP contribution in [0.2, 0.25) is 0 Å². The van der Waals surface area contributed by atoms with Gasteiger partial charge in [-0.1, -0.05) is 12.1 Å². The van der Waals surface area contributed by atoms with Gasteiger partial charge in [-0.3, -0.25) is 4.68 Å². The smallest absolute Gasteiger partial charge is 0.112 e. The van der Waals surface area contributed by atoms with E-state index in [0.717, 1.165) is 21.1 Å². The van der Waals surface area contributed by atoms with E-state index in [1.165, 1.54) is 0 Å². The van der Waals surface area contributed by atoms with Crippen molar-refractivity contribution in [3.05, 3.63) is 28.4 Å². The van der Waals surface area contributed by atoms with Crippen LogP contribution < -0.4 is 5.73 Å². The average Bonchev–Trinajstić information content (AvgIpc) is 2.56. The van der Waals surface area contributed by atoms with Crippen molar-refractivity contribution >= 4 is 26.8 Å². The average molecular weight is 268 g/mol. The molecule has 1 aromatic heterocycles. The van der Waals surface area contributed by atoms with Crippen LogP contribution in [0.5, 0.6) is 0 Å². The maximum Gasteiger partial charge on any atom is 0.112 e. The maximum atomic E-state index is 5.71. The van der Waals surface area contributed by atoms with Crippen molar-refractivity contribution < 1.29 is 0 Å². The highest BCUT2D eigenvalue weighted by atomic mass is 79.9. The van der Waals surface area contributed by atoms with Gasteiger partial charge in [0.25, 0.3) is 0 Å². The van der Waals surface area contributed by atoms with Crippen LogP contribution in [0.15, 0.2) is 22.8 Å². The van der Waals surface area contributed by atoms with Gasteiger partial charge in [-0.25, -0.2) is 0 Å². The molecule has 0 aliphatic heterocycles. The Morgan fingerprint density at radius 3 is 2.80 bits per heavy atom. The Kier molecular flexibility index (Phi) is 2.80. The van der Waals surface area contributed by atoms with E-state index >= 15 is 0 Å². The Labute approximate surface area is 97.4 Å². The van der Waals surface area contributed by atoms with Gasteiger partial charge in [0, 0.05) is 18.0 Å². The van der Waals surface area contributed by atoms with Crippen LogP contribution in [-0.2, 0) is 6.54 Å². The number of benzene rings is 1. The summed E-state index contributed by atoms with van der Waals surface area (Å²) in [6.07, 6.45) is 0. The van der Waals surface area contributed by atoms with Crippen LogP contribution in [0.3, 0.4) is 0 Å². The van der Waals surface area contributed by atoms with Gasteiger partial charge < -0.3 is 5.73 Å². The van der Waals surface area contributed by atoms with Crippen LogP contribution >= 0.6 is 15.9 Å². The second kappa shape index (κ2) is 3.94. The van der Waals surface area contributed by atoms with E-state index in [-0.39, 0.29) is 0 Å². The zero-order chi connectivity index (χ0) is 11.0. The molecule has 2 N–H and O–H groups in total. The number of halogens is 1. The number of hydrogen-bond donors (Lipinski definition) is 1. The van der Waals surface area contributed by atoms with Gasteiger partial charge in [0.1, 0.15) is 4.60 Å². The second-order valence-corrected chi connectivity index (χ2v) is 4.60. The number of hydrogen-bond acceptors (Lipinski definition) is 2. The van der Waals surface area contributed by atoms with Crippen molar-refractivity contribution in [3.63, 3.8) is 0 Å². The maximum absolute atomic E-state index is 5.71. The molecule has 2 rings (SSSR count). The minimum atomic E-state index is 0.345. The van der Waals surface area contributed by atoms with Crippen molar-refractivity contribution in [1.82, 2.24) is 9.78 Å². The number of nitrogens with zero attached hydrogens (tertiary/aromatic N) is 2. The van der Waals surface area contributed by atoms with Gasteiger partial charge in [-0.2, -0.15) is 5.10 Å². The Balaban J connectivity index is 2.77. The molecule has 2 aromatic rings. The fourth-order valence-corrected chi connectivity index (χ4v) is 2.64. The lowest BCUT2D eigenvalue weighted by Crippen LogP contribution is -2.02. The first-order valence-electron chi connectivity index (χ1n) is 5.00. The predicted molar refractivity (Wildman–Crippen MR) is 65.7 cm³/mol. The first-order chi connectivity index (χ1) is 7.15. The summed E-state index contributed by atoms with van der Waals surface area (Å²) >= 11 is 3.59. The molecular weight excluding hydrogens is 254 g/mol. The molecule has 0 aliphatic carbocycles. The van der Waals surface area contributed by atoms with E-state index < -0.39 is 0 Å². The van der Waals surface area contributed by atoms with Gasteiger partial charge in [-0.15, -0.1) is 0 Å². The monoisotopic (exact) mass is 267 g/mol. The highest BCUT2D eigenvalue weighted by molar-refractivity contribution is 9.10. The van der Waals surface area contributed by atoms with Crippen molar-refractivity contribution in [1.29, 1.82) is 0 Å². The standard InChI is InChI=1S/C11H14BrN3/c1-7(2)15-11(12)10-8(6-13)4-3-5-9(10)14-15/h3-5,7H,6,13H2,1-2H3. The summed E-state index contributed by atoms with van der Waals surface area (Å²) < 4.78 is 3.00. The number of aromatic nitrogens is 2. The third kappa shape index (κ3) is 1.68. The van der Waals surface area contributed by atoms with E-state index in [1.807, 2.05) is 22.9 Å². The van der Waals surface area contributed by atoms with Gasteiger partial charge in [0.05, 0.1) is 5.52 Å². The molecule has 0 aliphatic rings. The molecule has 3 nitrogen and oxygen atoms in total. The highest BCUT2D eigenvalue weighted by Crippen LogP contribution is 2.29. The largest absolute Gasteiger partial charge is 0.326 e. The van der Waals surface area contributed by atoms with Gasteiger partial charge >= 0.3 is 0 Å². The van der Waals surface area contributed by atoms with E-state index in [4.69, 9.17) is 5.73 Å². The molecule has 0 radical (unpaired) electrons. The summed E-state index contributed by atoms with van der Waals surface area (Å²) in [7, 11) is 0. The number of nitrogens with two attached hydrogens (primary N) is 1. The first-order valence-corrected chi connectivity index (χ1v) is 5.80. The molecule has 1 heterocycles. The summed E-state index contributed by atoms with van der Waals surface area (Å²) in [6, 6.07) is 6.39. The third-order valence-electron chi connectivity index (χ3n) is 2.46. The second-order valence-electron chi connectivity index (χ2n) is 3.84. The molecule has 0 amide bonds. The lowest BCUT2D eigenvalue weighted by molar-refractivity contribution is 0.527.